The highest BCUT2D eigenvalue weighted by Crippen LogP contribution is 2.26. The Morgan fingerprint density at radius 1 is 1.43 bits per heavy atom. The fourth-order valence-corrected chi connectivity index (χ4v) is 1.61. The van der Waals surface area contributed by atoms with E-state index in [-0.39, 0.29) is 19.8 Å². The minimum Gasteiger partial charge on any atom is -0.377 e. The number of halogens is 2. The van der Waals surface area contributed by atoms with Crippen LogP contribution >= 0.6 is 15.9 Å². The summed E-state index contributed by atoms with van der Waals surface area (Å²) in [6.45, 7) is 0.215. The molecule has 1 aromatic carbocycles. The van der Waals surface area contributed by atoms with Gasteiger partial charge in [0.05, 0.1) is 0 Å². The average Bonchev–Trinajstić information content (AvgIpc) is 2.02. The lowest BCUT2D eigenvalue weighted by molar-refractivity contribution is 0.609. The maximum atomic E-state index is 13.3. The largest absolute Gasteiger partial charge is 0.377 e. The normalized spacial score (nSPS) is 9.50. The summed E-state index contributed by atoms with van der Waals surface area (Å²) in [5, 5.41) is 0. The fraction of sp³-hybridized carbons (Fsp3) is 0.400. The Bertz CT molecular complexity index is 313. The third kappa shape index (κ3) is 2.69. The first-order valence-corrected chi connectivity index (χ1v) is 4.71. The molecule has 0 amide bonds. The van der Waals surface area contributed by atoms with Gasteiger partial charge in [-0.25, -0.2) is 4.39 Å². The van der Waals surface area contributed by atoms with Crippen molar-refractivity contribution in [1.82, 2.24) is 0 Å². The van der Waals surface area contributed by atoms with Crippen molar-refractivity contribution in [3.63, 3.8) is 0 Å². The summed E-state index contributed by atoms with van der Waals surface area (Å²) in [5.41, 5.74) is 6.82. The molecular weight excluding hydrogens is 247 g/mol. The lowest BCUT2D eigenvalue weighted by Crippen LogP contribution is -2.14. The second-order valence-corrected chi connectivity index (χ2v) is 3.90. The van der Waals surface area contributed by atoms with Gasteiger partial charge in [0, 0.05) is 36.4 Å². The average molecular weight is 263 g/mol. The molecule has 0 unspecified atom stereocenters. The van der Waals surface area contributed by atoms with Crippen LogP contribution in [0.15, 0.2) is 16.6 Å². The highest BCUT2D eigenvalue weighted by Gasteiger charge is 2.09. The van der Waals surface area contributed by atoms with Gasteiger partial charge < -0.3 is 10.6 Å². The van der Waals surface area contributed by atoms with Gasteiger partial charge in [0.25, 0.3) is 0 Å². The summed E-state index contributed by atoms with van der Waals surface area (Å²) in [5.74, 6) is -0.263. The predicted molar refractivity (Wildman–Crippen MR) is 63.0 cm³/mol. The van der Waals surface area contributed by atoms with Gasteiger partial charge in [-0.3, -0.25) is 0 Å². The Morgan fingerprint density at radius 2 is 2.00 bits per heavy atom. The Balaban J connectivity index is 0.00000169. The Kier molecular flexibility index (Phi) is 5.08. The van der Waals surface area contributed by atoms with Crippen molar-refractivity contribution in [2.75, 3.05) is 19.0 Å². The topological polar surface area (TPSA) is 29.3 Å². The van der Waals surface area contributed by atoms with E-state index in [4.69, 9.17) is 5.73 Å². The number of nitrogens with two attached hydrogens (primary N) is 1. The summed E-state index contributed by atoms with van der Waals surface area (Å²) in [4.78, 5) is 1.84. The summed E-state index contributed by atoms with van der Waals surface area (Å²) >= 11 is 3.24. The predicted octanol–water partition coefficient (Wildman–Crippen LogP) is 2.75. The van der Waals surface area contributed by atoms with E-state index in [0.717, 1.165) is 10.2 Å². The SMILES string of the molecule is C.CN(C)c1cc(Br)cc(F)c1CN. The van der Waals surface area contributed by atoms with Crippen LogP contribution in [0.25, 0.3) is 0 Å². The number of hydrogen-bond donors (Lipinski definition) is 1. The van der Waals surface area contributed by atoms with Gasteiger partial charge in [-0.1, -0.05) is 23.4 Å². The lowest BCUT2D eigenvalue weighted by Gasteiger charge is -2.17. The number of nitrogens with zero attached hydrogens (tertiary/aromatic N) is 1. The van der Waals surface area contributed by atoms with E-state index in [0.29, 0.717) is 5.56 Å². The number of hydrogen-bond acceptors (Lipinski definition) is 2. The molecule has 0 bridgehead atoms. The second kappa shape index (κ2) is 5.32. The molecule has 0 fully saturated rings. The second-order valence-electron chi connectivity index (χ2n) is 2.98. The van der Waals surface area contributed by atoms with Crippen molar-refractivity contribution < 1.29 is 4.39 Å². The van der Waals surface area contributed by atoms with E-state index >= 15 is 0 Å². The van der Waals surface area contributed by atoms with Gasteiger partial charge in [-0.05, 0) is 12.1 Å². The van der Waals surface area contributed by atoms with Crippen LogP contribution in [0.1, 0.15) is 13.0 Å². The molecule has 0 aliphatic heterocycles. The first-order valence-electron chi connectivity index (χ1n) is 3.91. The summed E-state index contributed by atoms with van der Waals surface area (Å²) in [6.07, 6.45) is 0. The van der Waals surface area contributed by atoms with Gasteiger partial charge in [-0.2, -0.15) is 0 Å². The molecule has 0 heterocycles. The molecule has 0 aromatic heterocycles. The minimum absolute atomic E-state index is 0. The summed E-state index contributed by atoms with van der Waals surface area (Å²) in [7, 11) is 3.72. The molecule has 1 aromatic rings. The van der Waals surface area contributed by atoms with E-state index in [9.17, 15) is 4.39 Å². The van der Waals surface area contributed by atoms with Crippen LogP contribution in [0.2, 0.25) is 0 Å². The van der Waals surface area contributed by atoms with Crippen LogP contribution < -0.4 is 10.6 Å². The van der Waals surface area contributed by atoms with Crippen LogP contribution in [0, 0.1) is 5.82 Å². The van der Waals surface area contributed by atoms with Gasteiger partial charge >= 0.3 is 0 Å². The maximum Gasteiger partial charge on any atom is 0.130 e. The smallest absolute Gasteiger partial charge is 0.130 e. The minimum atomic E-state index is -0.263. The van der Waals surface area contributed by atoms with Gasteiger partial charge in [-0.15, -0.1) is 0 Å². The van der Waals surface area contributed by atoms with Gasteiger partial charge in [0.2, 0.25) is 0 Å². The van der Waals surface area contributed by atoms with E-state index < -0.39 is 0 Å². The van der Waals surface area contributed by atoms with Crippen molar-refractivity contribution in [2.24, 2.45) is 5.73 Å². The molecule has 0 radical (unpaired) electrons. The van der Waals surface area contributed by atoms with E-state index in [1.807, 2.05) is 25.1 Å². The zero-order valence-corrected chi connectivity index (χ0v) is 9.23. The van der Waals surface area contributed by atoms with Crippen LogP contribution in [0.4, 0.5) is 10.1 Å². The van der Waals surface area contributed by atoms with Crippen molar-refractivity contribution in [3.05, 3.63) is 28.0 Å². The lowest BCUT2D eigenvalue weighted by atomic mass is 10.1. The highest BCUT2D eigenvalue weighted by atomic mass is 79.9. The van der Waals surface area contributed by atoms with Crippen LogP contribution in [-0.4, -0.2) is 14.1 Å². The summed E-state index contributed by atoms with van der Waals surface area (Å²) in [6, 6.07) is 3.28. The molecule has 0 spiro atoms. The molecule has 0 atom stereocenters. The van der Waals surface area contributed by atoms with Crippen molar-refractivity contribution >= 4 is 21.6 Å². The molecule has 2 N–H and O–H groups in total. The Labute approximate surface area is 93.0 Å². The van der Waals surface area contributed by atoms with E-state index in [1.165, 1.54) is 6.07 Å². The molecule has 0 aliphatic rings. The Hall–Kier alpha value is -0.610. The third-order valence-corrected chi connectivity index (χ3v) is 2.28. The van der Waals surface area contributed by atoms with Gasteiger partial charge in [0.1, 0.15) is 5.82 Å². The molecule has 1 rings (SSSR count). The number of benzene rings is 1. The van der Waals surface area contributed by atoms with E-state index in [1.54, 1.807) is 0 Å². The third-order valence-electron chi connectivity index (χ3n) is 1.82. The molecule has 0 saturated heterocycles. The Morgan fingerprint density at radius 3 is 2.43 bits per heavy atom. The molecule has 4 heteroatoms. The quantitative estimate of drug-likeness (QED) is 0.888. The molecule has 80 valence electrons. The fourth-order valence-electron chi connectivity index (χ4n) is 1.19. The molecule has 0 saturated carbocycles. The number of rotatable bonds is 2. The maximum absolute atomic E-state index is 13.3. The molecule has 14 heavy (non-hydrogen) atoms. The zero-order valence-electron chi connectivity index (χ0n) is 7.64. The van der Waals surface area contributed by atoms with E-state index in [2.05, 4.69) is 15.9 Å². The highest BCUT2D eigenvalue weighted by molar-refractivity contribution is 9.10. The monoisotopic (exact) mass is 262 g/mol. The summed E-state index contributed by atoms with van der Waals surface area (Å²) < 4.78 is 14.1. The van der Waals surface area contributed by atoms with Crippen molar-refractivity contribution in [2.45, 2.75) is 14.0 Å². The first kappa shape index (κ1) is 13.4. The zero-order chi connectivity index (χ0) is 10.0. The van der Waals surface area contributed by atoms with Crippen molar-refractivity contribution in [3.8, 4) is 0 Å². The molecular formula is C10H16BrFN2. The van der Waals surface area contributed by atoms with Crippen LogP contribution in [0.3, 0.4) is 0 Å². The standard InChI is InChI=1S/C9H12BrFN2.CH4/c1-13(2)9-4-6(10)3-8(11)7(9)5-12;/h3-4H,5,12H2,1-2H3;1H4. The van der Waals surface area contributed by atoms with Crippen LogP contribution in [0.5, 0.6) is 0 Å². The van der Waals surface area contributed by atoms with Crippen LogP contribution in [-0.2, 0) is 6.54 Å². The van der Waals surface area contributed by atoms with Crippen molar-refractivity contribution in [1.29, 1.82) is 0 Å². The van der Waals surface area contributed by atoms with Gasteiger partial charge in [0.15, 0.2) is 0 Å². The molecule has 0 aliphatic carbocycles. The first-order chi connectivity index (χ1) is 6.06. The molecule has 2 nitrogen and oxygen atoms in total. The number of anilines is 1.